The Morgan fingerprint density at radius 3 is 2.75 bits per heavy atom. The van der Waals surface area contributed by atoms with Crippen LogP contribution in [-0.2, 0) is 0 Å². The molecule has 2 aromatic rings. The first-order chi connectivity index (χ1) is 9.83. The van der Waals surface area contributed by atoms with E-state index in [1.54, 1.807) is 12.5 Å². The van der Waals surface area contributed by atoms with Crippen molar-refractivity contribution in [1.82, 2.24) is 14.5 Å². The number of benzene rings is 1. The highest BCUT2D eigenvalue weighted by Gasteiger charge is 2.41. The van der Waals surface area contributed by atoms with Crippen molar-refractivity contribution in [3.05, 3.63) is 48.5 Å². The number of hydrogen-bond donors (Lipinski definition) is 0. The van der Waals surface area contributed by atoms with Crippen LogP contribution in [0.3, 0.4) is 0 Å². The summed E-state index contributed by atoms with van der Waals surface area (Å²) in [6.07, 6.45) is 7.03. The number of carbonyl (C=O) groups excluding carboxylic acids is 1. The molecule has 2 heterocycles. The minimum absolute atomic E-state index is 0.124. The zero-order chi connectivity index (χ0) is 13.5. The number of hydrogen-bond acceptors (Lipinski definition) is 2. The van der Waals surface area contributed by atoms with Gasteiger partial charge in [0.15, 0.2) is 0 Å². The first kappa shape index (κ1) is 11.7. The SMILES string of the molecule is O=C(c1cncn1-c1ccccc1)N1CC2CCC1C2. The van der Waals surface area contributed by atoms with Crippen molar-refractivity contribution < 1.29 is 4.79 Å². The lowest BCUT2D eigenvalue weighted by molar-refractivity contribution is 0.0695. The first-order valence-corrected chi connectivity index (χ1v) is 7.21. The van der Waals surface area contributed by atoms with Crippen LogP contribution < -0.4 is 0 Å². The Hall–Kier alpha value is -2.10. The maximum absolute atomic E-state index is 12.8. The number of carbonyl (C=O) groups is 1. The molecule has 4 nitrogen and oxygen atoms in total. The summed E-state index contributed by atoms with van der Waals surface area (Å²) in [4.78, 5) is 19.0. The van der Waals surface area contributed by atoms with E-state index < -0.39 is 0 Å². The highest BCUT2D eigenvalue weighted by atomic mass is 16.2. The van der Waals surface area contributed by atoms with Crippen LogP contribution in [0.25, 0.3) is 5.69 Å². The van der Waals surface area contributed by atoms with Gasteiger partial charge in [-0.3, -0.25) is 9.36 Å². The third-order valence-electron chi connectivity index (χ3n) is 4.56. The monoisotopic (exact) mass is 267 g/mol. The molecule has 1 aromatic heterocycles. The molecule has 102 valence electrons. The van der Waals surface area contributed by atoms with Crippen LogP contribution in [0, 0.1) is 5.92 Å². The van der Waals surface area contributed by atoms with Crippen LogP contribution in [0.4, 0.5) is 0 Å². The number of nitrogens with zero attached hydrogens (tertiary/aromatic N) is 3. The second-order valence-electron chi connectivity index (χ2n) is 5.77. The number of aromatic nitrogens is 2. The average molecular weight is 267 g/mol. The smallest absolute Gasteiger partial charge is 0.272 e. The number of para-hydroxylation sites is 1. The standard InChI is InChI=1S/C16H17N3O/c20-16(18-10-12-6-7-14(18)8-12)15-9-17-11-19(15)13-4-2-1-3-5-13/h1-5,9,11-12,14H,6-8,10H2. The molecule has 1 saturated carbocycles. The van der Waals surface area contributed by atoms with Gasteiger partial charge >= 0.3 is 0 Å². The second-order valence-corrected chi connectivity index (χ2v) is 5.77. The van der Waals surface area contributed by atoms with E-state index in [1.165, 1.54) is 12.8 Å². The summed E-state index contributed by atoms with van der Waals surface area (Å²) in [7, 11) is 0. The molecular weight excluding hydrogens is 250 g/mol. The molecule has 2 atom stereocenters. The van der Waals surface area contributed by atoms with Gasteiger partial charge in [-0.05, 0) is 37.3 Å². The van der Waals surface area contributed by atoms with Crippen LogP contribution >= 0.6 is 0 Å². The van der Waals surface area contributed by atoms with Crippen LogP contribution in [0.1, 0.15) is 29.8 Å². The van der Waals surface area contributed by atoms with Crippen LogP contribution in [-0.4, -0.2) is 32.9 Å². The highest BCUT2D eigenvalue weighted by Crippen LogP contribution is 2.38. The van der Waals surface area contributed by atoms with Crippen molar-refractivity contribution in [2.75, 3.05) is 6.54 Å². The molecule has 1 aliphatic heterocycles. The minimum atomic E-state index is 0.124. The van der Waals surface area contributed by atoms with Gasteiger partial charge in [-0.2, -0.15) is 0 Å². The summed E-state index contributed by atoms with van der Waals surface area (Å²) >= 11 is 0. The number of amides is 1. The third-order valence-corrected chi connectivity index (χ3v) is 4.56. The molecular formula is C16H17N3O. The molecule has 1 saturated heterocycles. The number of fused-ring (bicyclic) bond motifs is 2. The van der Waals surface area contributed by atoms with Gasteiger partial charge in [-0.25, -0.2) is 4.98 Å². The summed E-state index contributed by atoms with van der Waals surface area (Å²) in [5.41, 5.74) is 1.65. The molecule has 2 fully saturated rings. The lowest BCUT2D eigenvalue weighted by Crippen LogP contribution is -2.38. The average Bonchev–Trinajstić information content (AvgIpc) is 3.23. The molecule has 1 aliphatic carbocycles. The van der Waals surface area contributed by atoms with E-state index in [9.17, 15) is 4.79 Å². The van der Waals surface area contributed by atoms with E-state index in [1.807, 2.05) is 39.8 Å². The van der Waals surface area contributed by atoms with Gasteiger partial charge in [-0.1, -0.05) is 18.2 Å². The van der Waals surface area contributed by atoms with E-state index in [0.29, 0.717) is 11.7 Å². The highest BCUT2D eigenvalue weighted by molar-refractivity contribution is 5.93. The lowest BCUT2D eigenvalue weighted by Gasteiger charge is -2.27. The molecule has 20 heavy (non-hydrogen) atoms. The molecule has 4 heteroatoms. The molecule has 1 amide bonds. The number of rotatable bonds is 2. The third kappa shape index (κ3) is 1.75. The predicted molar refractivity (Wildman–Crippen MR) is 75.7 cm³/mol. The summed E-state index contributed by atoms with van der Waals surface area (Å²) in [6.45, 7) is 0.920. The molecule has 0 N–H and O–H groups in total. The van der Waals surface area contributed by atoms with Gasteiger partial charge in [0.05, 0.1) is 12.5 Å². The normalized spacial score (nSPS) is 24.3. The Kier molecular flexibility index (Phi) is 2.62. The molecule has 1 aromatic carbocycles. The Bertz CT molecular complexity index is 634. The number of piperidine rings is 1. The van der Waals surface area contributed by atoms with E-state index in [4.69, 9.17) is 0 Å². The summed E-state index contributed by atoms with van der Waals surface area (Å²) in [6, 6.07) is 10.4. The lowest BCUT2D eigenvalue weighted by atomic mass is 10.1. The Morgan fingerprint density at radius 1 is 1.20 bits per heavy atom. The zero-order valence-electron chi connectivity index (χ0n) is 11.3. The first-order valence-electron chi connectivity index (χ1n) is 7.21. The van der Waals surface area contributed by atoms with Crippen LogP contribution in [0.2, 0.25) is 0 Å². The fourth-order valence-corrected chi connectivity index (χ4v) is 3.57. The predicted octanol–water partition coefficient (Wildman–Crippen LogP) is 2.50. The van der Waals surface area contributed by atoms with Crippen molar-refractivity contribution in [1.29, 1.82) is 0 Å². The van der Waals surface area contributed by atoms with Crippen molar-refractivity contribution in [3.63, 3.8) is 0 Å². The fourth-order valence-electron chi connectivity index (χ4n) is 3.57. The van der Waals surface area contributed by atoms with E-state index in [2.05, 4.69) is 4.98 Å². The summed E-state index contributed by atoms with van der Waals surface area (Å²) < 4.78 is 1.88. The molecule has 2 bridgehead atoms. The Morgan fingerprint density at radius 2 is 2.05 bits per heavy atom. The number of likely N-dealkylation sites (tertiary alicyclic amines) is 1. The van der Waals surface area contributed by atoms with Crippen LogP contribution in [0.15, 0.2) is 42.9 Å². The largest absolute Gasteiger partial charge is 0.334 e. The minimum Gasteiger partial charge on any atom is -0.334 e. The summed E-state index contributed by atoms with van der Waals surface area (Å²) in [5, 5.41) is 0. The maximum atomic E-state index is 12.8. The number of imidazole rings is 1. The quantitative estimate of drug-likeness (QED) is 0.838. The van der Waals surface area contributed by atoms with Gasteiger partial charge in [0.2, 0.25) is 0 Å². The maximum Gasteiger partial charge on any atom is 0.272 e. The van der Waals surface area contributed by atoms with Crippen molar-refractivity contribution in [3.8, 4) is 5.69 Å². The second kappa shape index (κ2) is 4.47. The van der Waals surface area contributed by atoms with Crippen molar-refractivity contribution in [2.45, 2.75) is 25.3 Å². The van der Waals surface area contributed by atoms with E-state index in [0.717, 1.165) is 24.6 Å². The van der Waals surface area contributed by atoms with Crippen LogP contribution in [0.5, 0.6) is 0 Å². The zero-order valence-corrected chi connectivity index (χ0v) is 11.3. The van der Waals surface area contributed by atoms with Gasteiger partial charge in [0, 0.05) is 18.3 Å². The van der Waals surface area contributed by atoms with Gasteiger partial charge in [0.1, 0.15) is 5.69 Å². The van der Waals surface area contributed by atoms with Gasteiger partial charge in [-0.15, -0.1) is 0 Å². The topological polar surface area (TPSA) is 38.1 Å². The summed E-state index contributed by atoms with van der Waals surface area (Å²) in [5.74, 6) is 0.843. The molecule has 4 rings (SSSR count). The molecule has 2 unspecified atom stereocenters. The van der Waals surface area contributed by atoms with Crippen molar-refractivity contribution >= 4 is 5.91 Å². The molecule has 2 aliphatic rings. The Balaban J connectivity index is 1.67. The van der Waals surface area contributed by atoms with Crippen molar-refractivity contribution in [2.24, 2.45) is 5.92 Å². The van der Waals surface area contributed by atoms with Gasteiger partial charge < -0.3 is 4.90 Å². The Labute approximate surface area is 118 Å². The fraction of sp³-hybridized carbons (Fsp3) is 0.375. The van der Waals surface area contributed by atoms with Gasteiger partial charge in [0.25, 0.3) is 5.91 Å². The van der Waals surface area contributed by atoms with E-state index >= 15 is 0 Å². The molecule has 0 radical (unpaired) electrons. The molecule has 0 spiro atoms. The van der Waals surface area contributed by atoms with E-state index in [-0.39, 0.29) is 5.91 Å².